The summed E-state index contributed by atoms with van der Waals surface area (Å²) in [6.45, 7) is 4.78. The molecule has 4 nitrogen and oxygen atoms in total. The molecular weight excluding hydrogens is 314 g/mol. The van der Waals surface area contributed by atoms with Crippen LogP contribution in [0.1, 0.15) is 60.2 Å². The van der Waals surface area contributed by atoms with Gasteiger partial charge >= 0.3 is 0 Å². The molecule has 0 spiro atoms. The zero-order valence-corrected chi connectivity index (χ0v) is 15.2. The molecule has 4 heteroatoms. The van der Waals surface area contributed by atoms with Crippen molar-refractivity contribution in [3.05, 3.63) is 41.5 Å². The summed E-state index contributed by atoms with van der Waals surface area (Å²) in [6.07, 6.45) is 4.26. The third kappa shape index (κ3) is 3.01. The van der Waals surface area contributed by atoms with Crippen LogP contribution in [0, 0.1) is 5.92 Å². The fourth-order valence-corrected chi connectivity index (χ4v) is 3.64. The maximum atomic E-state index is 13.0. The molecule has 1 atom stereocenters. The van der Waals surface area contributed by atoms with Gasteiger partial charge in [-0.3, -0.25) is 14.5 Å². The second-order valence-electron chi connectivity index (χ2n) is 6.68. The Balaban J connectivity index is 2.02. The third-order valence-electron chi connectivity index (χ3n) is 5.16. The van der Waals surface area contributed by atoms with Crippen molar-refractivity contribution < 1.29 is 14.3 Å². The van der Waals surface area contributed by atoms with Crippen LogP contribution in [-0.2, 0) is 0 Å². The molecule has 3 rings (SSSR count). The second kappa shape index (κ2) is 7.26. The molecule has 0 fully saturated rings. The van der Waals surface area contributed by atoms with Gasteiger partial charge in [0.1, 0.15) is 5.75 Å². The lowest BCUT2D eigenvalue weighted by molar-refractivity contribution is 0.0580. The number of nitrogens with zero attached hydrogens (tertiary/aromatic N) is 1. The molecule has 0 bridgehead atoms. The maximum absolute atomic E-state index is 13.0. The number of methoxy groups -OCH3 is 1. The Labute approximate surface area is 148 Å². The minimum Gasteiger partial charge on any atom is -0.496 e. The first-order valence-corrected chi connectivity index (χ1v) is 9.08. The predicted molar refractivity (Wildman–Crippen MR) is 99.2 cm³/mol. The Morgan fingerprint density at radius 2 is 1.76 bits per heavy atom. The van der Waals surface area contributed by atoms with E-state index in [1.165, 1.54) is 4.90 Å². The van der Waals surface area contributed by atoms with Gasteiger partial charge in [-0.15, -0.1) is 0 Å². The molecule has 25 heavy (non-hydrogen) atoms. The minimum absolute atomic E-state index is 0.189. The number of amides is 2. The molecular formula is C21H25NO3. The normalized spacial score (nSPS) is 14.9. The monoisotopic (exact) mass is 339 g/mol. The van der Waals surface area contributed by atoms with Crippen LogP contribution in [0.3, 0.4) is 0 Å². The first kappa shape index (κ1) is 17.5. The number of ether oxygens (including phenoxy) is 1. The summed E-state index contributed by atoms with van der Waals surface area (Å²) in [5.41, 5.74) is 1.19. The molecule has 0 saturated carbocycles. The Bertz CT molecular complexity index is 790. The van der Waals surface area contributed by atoms with Crippen LogP contribution in [0.25, 0.3) is 10.8 Å². The number of carbonyl (C=O) groups is 2. The number of hydrogen-bond donors (Lipinski definition) is 0. The topological polar surface area (TPSA) is 46.6 Å². The Kier molecular flexibility index (Phi) is 5.07. The summed E-state index contributed by atoms with van der Waals surface area (Å²) in [4.78, 5) is 27.4. The van der Waals surface area contributed by atoms with Gasteiger partial charge in [0.05, 0.1) is 7.11 Å². The lowest BCUT2D eigenvalue weighted by atomic mass is 9.91. The summed E-state index contributed by atoms with van der Waals surface area (Å²) in [5.74, 6) is 0.661. The van der Waals surface area contributed by atoms with Crippen LogP contribution in [0.5, 0.6) is 5.75 Å². The van der Waals surface area contributed by atoms with Crippen LogP contribution < -0.4 is 4.74 Å². The van der Waals surface area contributed by atoms with E-state index in [4.69, 9.17) is 4.74 Å². The largest absolute Gasteiger partial charge is 0.496 e. The summed E-state index contributed by atoms with van der Waals surface area (Å²) < 4.78 is 5.39. The fourth-order valence-electron chi connectivity index (χ4n) is 3.64. The van der Waals surface area contributed by atoms with Gasteiger partial charge < -0.3 is 4.74 Å². The van der Waals surface area contributed by atoms with E-state index < -0.39 is 0 Å². The zero-order chi connectivity index (χ0) is 18.0. The van der Waals surface area contributed by atoms with Gasteiger partial charge in [-0.25, -0.2) is 0 Å². The van der Waals surface area contributed by atoms with Crippen molar-refractivity contribution in [2.45, 2.75) is 39.5 Å². The van der Waals surface area contributed by atoms with E-state index in [9.17, 15) is 9.59 Å². The first-order chi connectivity index (χ1) is 12.1. The van der Waals surface area contributed by atoms with E-state index in [0.717, 1.165) is 36.5 Å². The zero-order valence-electron chi connectivity index (χ0n) is 15.2. The van der Waals surface area contributed by atoms with Crippen LogP contribution in [-0.4, -0.2) is 30.4 Å². The predicted octanol–water partition coefficient (Wildman–Crippen LogP) is 4.66. The maximum Gasteiger partial charge on any atom is 0.261 e. The molecule has 1 aliphatic heterocycles. The molecule has 132 valence electrons. The number of carbonyl (C=O) groups excluding carboxylic acids is 2. The Hall–Kier alpha value is -2.36. The van der Waals surface area contributed by atoms with E-state index in [1.807, 2.05) is 18.2 Å². The van der Waals surface area contributed by atoms with Gasteiger partial charge in [0.25, 0.3) is 11.8 Å². The average molecular weight is 339 g/mol. The van der Waals surface area contributed by atoms with Crippen molar-refractivity contribution in [1.82, 2.24) is 4.90 Å². The van der Waals surface area contributed by atoms with E-state index in [2.05, 4.69) is 13.8 Å². The molecule has 2 aromatic carbocycles. The van der Waals surface area contributed by atoms with Gasteiger partial charge in [0, 0.05) is 28.4 Å². The van der Waals surface area contributed by atoms with Crippen LogP contribution in [0.2, 0.25) is 0 Å². The Morgan fingerprint density at radius 1 is 1.04 bits per heavy atom. The van der Waals surface area contributed by atoms with Crippen LogP contribution in [0.4, 0.5) is 0 Å². The van der Waals surface area contributed by atoms with Gasteiger partial charge in [-0.2, -0.15) is 0 Å². The van der Waals surface area contributed by atoms with Crippen molar-refractivity contribution in [2.24, 2.45) is 5.92 Å². The number of rotatable bonds is 7. The highest BCUT2D eigenvalue weighted by Gasteiger charge is 2.34. The molecule has 1 heterocycles. The van der Waals surface area contributed by atoms with Crippen molar-refractivity contribution >= 4 is 22.6 Å². The van der Waals surface area contributed by atoms with Gasteiger partial charge in [-0.05, 0) is 30.5 Å². The molecule has 2 aromatic rings. The molecule has 0 radical (unpaired) electrons. The molecule has 0 aliphatic carbocycles. The standard InChI is InChI=1S/C21H25NO3/c1-4-6-8-14(5-2)13-22-20(23)16-10-7-9-15-18(25-3)12-11-17(19(15)16)21(22)24/h7,9-12,14H,4-6,8,13H2,1-3H3. The molecule has 1 aliphatic rings. The molecule has 0 N–H and O–H groups in total. The minimum atomic E-state index is -0.189. The number of benzene rings is 2. The highest BCUT2D eigenvalue weighted by Crippen LogP contribution is 2.35. The third-order valence-corrected chi connectivity index (χ3v) is 5.16. The van der Waals surface area contributed by atoms with Gasteiger partial charge in [0.15, 0.2) is 0 Å². The highest BCUT2D eigenvalue weighted by atomic mass is 16.5. The van der Waals surface area contributed by atoms with Crippen molar-refractivity contribution in [2.75, 3.05) is 13.7 Å². The number of imide groups is 1. The average Bonchev–Trinajstić information content (AvgIpc) is 2.65. The smallest absolute Gasteiger partial charge is 0.261 e. The van der Waals surface area contributed by atoms with Crippen molar-refractivity contribution in [1.29, 1.82) is 0 Å². The van der Waals surface area contributed by atoms with E-state index in [0.29, 0.717) is 29.3 Å². The van der Waals surface area contributed by atoms with Crippen LogP contribution >= 0.6 is 0 Å². The first-order valence-electron chi connectivity index (χ1n) is 9.08. The summed E-state index contributed by atoms with van der Waals surface area (Å²) in [7, 11) is 1.60. The molecule has 2 amide bonds. The number of unbranched alkanes of at least 4 members (excludes halogenated alkanes) is 1. The molecule has 0 saturated heterocycles. The quantitative estimate of drug-likeness (QED) is 0.689. The second-order valence-corrected chi connectivity index (χ2v) is 6.68. The highest BCUT2D eigenvalue weighted by molar-refractivity contribution is 6.26. The Morgan fingerprint density at radius 3 is 2.40 bits per heavy atom. The van der Waals surface area contributed by atoms with E-state index >= 15 is 0 Å². The lowest BCUT2D eigenvalue weighted by Crippen LogP contribution is -2.43. The van der Waals surface area contributed by atoms with Gasteiger partial charge in [0.2, 0.25) is 0 Å². The SMILES string of the molecule is CCCCC(CC)CN1C(=O)c2cccc3c(OC)ccc(c23)C1=O. The van der Waals surface area contributed by atoms with E-state index in [1.54, 1.807) is 19.2 Å². The lowest BCUT2D eigenvalue weighted by Gasteiger charge is -2.30. The van der Waals surface area contributed by atoms with Crippen molar-refractivity contribution in [3.8, 4) is 5.75 Å². The molecule has 0 aromatic heterocycles. The summed E-state index contributed by atoms with van der Waals surface area (Å²) >= 11 is 0. The fraction of sp³-hybridized carbons (Fsp3) is 0.429. The summed E-state index contributed by atoms with van der Waals surface area (Å²) in [6, 6.07) is 9.14. The van der Waals surface area contributed by atoms with Gasteiger partial charge in [-0.1, -0.05) is 45.2 Å². The van der Waals surface area contributed by atoms with E-state index in [-0.39, 0.29) is 11.8 Å². The molecule has 1 unspecified atom stereocenters. The number of hydrogen-bond acceptors (Lipinski definition) is 3. The van der Waals surface area contributed by atoms with Crippen molar-refractivity contribution in [3.63, 3.8) is 0 Å². The van der Waals surface area contributed by atoms with Crippen LogP contribution in [0.15, 0.2) is 30.3 Å². The summed E-state index contributed by atoms with van der Waals surface area (Å²) in [5, 5.41) is 1.53.